The monoisotopic (exact) mass is 290 g/mol. The van der Waals surface area contributed by atoms with Gasteiger partial charge < -0.3 is 9.84 Å². The minimum Gasteiger partial charge on any atom is -0.394 e. The molecule has 0 bridgehead atoms. The molecule has 0 saturated carbocycles. The third-order valence-corrected chi connectivity index (χ3v) is 3.59. The van der Waals surface area contributed by atoms with Crippen molar-refractivity contribution in [3.63, 3.8) is 0 Å². The van der Waals surface area contributed by atoms with Crippen LogP contribution in [0.15, 0.2) is 15.8 Å². The van der Waals surface area contributed by atoms with Gasteiger partial charge in [-0.05, 0) is 6.26 Å². The van der Waals surface area contributed by atoms with Gasteiger partial charge in [0, 0.05) is 23.9 Å². The lowest BCUT2D eigenvalue weighted by Gasteiger charge is -2.15. The first-order chi connectivity index (χ1) is 9.06. The number of nitrogens with zero attached hydrogens (tertiary/aromatic N) is 1. The minimum absolute atomic E-state index is 0.0180. The van der Waals surface area contributed by atoms with Crippen LogP contribution in [0.3, 0.4) is 0 Å². The topological polar surface area (TPSA) is 84.3 Å². The number of ether oxygens (including phenoxy) is 1. The lowest BCUT2D eigenvalue weighted by Crippen LogP contribution is -2.34. The number of hydrogen-bond acceptors (Lipinski definition) is 5. The Morgan fingerprint density at radius 2 is 2.37 bits per heavy atom. The van der Waals surface area contributed by atoms with Crippen molar-refractivity contribution in [1.29, 1.82) is 0 Å². The Hall–Kier alpha value is -1.12. The third-order valence-electron chi connectivity index (χ3n) is 2.99. The Morgan fingerprint density at radius 3 is 2.95 bits per heavy atom. The van der Waals surface area contributed by atoms with Crippen LogP contribution in [0.2, 0.25) is 0 Å². The van der Waals surface area contributed by atoms with E-state index in [4.69, 9.17) is 9.84 Å². The molecule has 1 aromatic rings. The van der Waals surface area contributed by atoms with Crippen molar-refractivity contribution in [2.45, 2.75) is 30.7 Å². The second-order valence-corrected chi connectivity index (χ2v) is 5.18. The van der Waals surface area contributed by atoms with Crippen LogP contribution in [0.4, 0.5) is 4.39 Å². The highest BCUT2D eigenvalue weighted by Gasteiger charge is 2.36. The summed E-state index contributed by atoms with van der Waals surface area (Å²) in [4.78, 5) is 25.5. The zero-order valence-electron chi connectivity index (χ0n) is 10.3. The van der Waals surface area contributed by atoms with Crippen molar-refractivity contribution >= 4 is 11.8 Å². The van der Waals surface area contributed by atoms with Gasteiger partial charge in [0.05, 0.1) is 6.61 Å². The number of alkyl halides is 1. The van der Waals surface area contributed by atoms with Crippen molar-refractivity contribution in [3.8, 4) is 0 Å². The molecule has 1 aromatic heterocycles. The Bertz CT molecular complexity index is 558. The van der Waals surface area contributed by atoms with Crippen LogP contribution in [0.5, 0.6) is 0 Å². The van der Waals surface area contributed by atoms with E-state index in [-0.39, 0.29) is 6.42 Å². The highest BCUT2D eigenvalue weighted by molar-refractivity contribution is 7.97. The van der Waals surface area contributed by atoms with Gasteiger partial charge >= 0.3 is 5.69 Å². The summed E-state index contributed by atoms with van der Waals surface area (Å²) in [6.07, 6.45) is 0.174. The molecule has 2 N–H and O–H groups in total. The standard InChI is InChI=1S/C11H15FN2O4S/c1-19-5-6-3-14(11(17)13-10(6)16)9-2-7(12)8(4-15)18-9/h3,7-9,15H,2,4-5H2,1H3,(H,13,16,17)/t7-,8+,9+/m0/s1. The van der Waals surface area contributed by atoms with Crippen molar-refractivity contribution in [1.82, 2.24) is 9.55 Å². The van der Waals surface area contributed by atoms with Crippen LogP contribution >= 0.6 is 11.8 Å². The van der Waals surface area contributed by atoms with E-state index in [9.17, 15) is 14.0 Å². The van der Waals surface area contributed by atoms with Crippen molar-refractivity contribution in [2.24, 2.45) is 0 Å². The van der Waals surface area contributed by atoms with Gasteiger partial charge in [0.2, 0.25) is 0 Å². The molecule has 6 nitrogen and oxygen atoms in total. The summed E-state index contributed by atoms with van der Waals surface area (Å²) in [6.45, 7) is -0.437. The molecule has 2 heterocycles. The van der Waals surface area contributed by atoms with Crippen molar-refractivity contribution in [3.05, 3.63) is 32.6 Å². The SMILES string of the molecule is CSCc1cn([C@H]2C[C@H](F)[C@@H](CO)O2)c(=O)[nH]c1=O. The van der Waals surface area contributed by atoms with Gasteiger partial charge in [0.15, 0.2) is 0 Å². The van der Waals surface area contributed by atoms with Crippen LogP contribution in [-0.4, -0.2) is 39.8 Å². The molecule has 2 rings (SSSR count). The van der Waals surface area contributed by atoms with E-state index in [1.807, 2.05) is 6.26 Å². The molecule has 1 aliphatic rings. The Balaban J connectivity index is 2.33. The van der Waals surface area contributed by atoms with E-state index in [2.05, 4.69) is 4.98 Å². The normalized spacial score (nSPS) is 26.8. The molecule has 0 unspecified atom stereocenters. The fourth-order valence-electron chi connectivity index (χ4n) is 2.02. The Kier molecular flexibility index (Phi) is 4.43. The summed E-state index contributed by atoms with van der Waals surface area (Å²) in [5, 5.41) is 8.94. The van der Waals surface area contributed by atoms with Crippen molar-refractivity contribution < 1.29 is 14.2 Å². The van der Waals surface area contributed by atoms with Crippen LogP contribution in [0.25, 0.3) is 0 Å². The first-order valence-corrected chi connectivity index (χ1v) is 7.20. The number of thioether (sulfide) groups is 1. The molecule has 1 fully saturated rings. The average molecular weight is 290 g/mol. The van der Waals surface area contributed by atoms with E-state index in [0.717, 1.165) is 0 Å². The quantitative estimate of drug-likeness (QED) is 0.816. The molecular formula is C11H15FN2O4S. The predicted octanol–water partition coefficient (Wildman–Crippen LogP) is 0.0175. The van der Waals surface area contributed by atoms with E-state index in [1.54, 1.807) is 0 Å². The summed E-state index contributed by atoms with van der Waals surface area (Å²) in [5.41, 5.74) is -0.645. The van der Waals surface area contributed by atoms with Crippen LogP contribution in [0, 0.1) is 0 Å². The Morgan fingerprint density at radius 1 is 1.63 bits per heavy atom. The molecule has 8 heteroatoms. The zero-order valence-corrected chi connectivity index (χ0v) is 11.2. The molecule has 3 atom stereocenters. The fraction of sp³-hybridized carbons (Fsp3) is 0.636. The highest BCUT2D eigenvalue weighted by atomic mass is 32.2. The zero-order chi connectivity index (χ0) is 14.0. The second kappa shape index (κ2) is 5.89. The van der Waals surface area contributed by atoms with E-state index < -0.39 is 36.4 Å². The lowest BCUT2D eigenvalue weighted by atomic mass is 10.2. The van der Waals surface area contributed by atoms with Gasteiger partial charge in [-0.25, -0.2) is 9.18 Å². The van der Waals surface area contributed by atoms with Gasteiger partial charge in [-0.2, -0.15) is 11.8 Å². The number of aliphatic hydroxyl groups excluding tert-OH is 1. The maximum absolute atomic E-state index is 13.5. The van der Waals surface area contributed by atoms with Crippen LogP contribution < -0.4 is 11.2 Å². The summed E-state index contributed by atoms with van der Waals surface area (Å²) in [7, 11) is 0. The molecule has 1 saturated heterocycles. The minimum atomic E-state index is -1.32. The predicted molar refractivity (Wildman–Crippen MR) is 69.1 cm³/mol. The maximum Gasteiger partial charge on any atom is 0.330 e. The number of aliphatic hydroxyl groups is 1. The molecule has 0 spiro atoms. The first-order valence-electron chi connectivity index (χ1n) is 5.80. The van der Waals surface area contributed by atoms with Gasteiger partial charge in [-0.15, -0.1) is 0 Å². The summed E-state index contributed by atoms with van der Waals surface area (Å²) in [6, 6.07) is 0. The number of aromatic nitrogens is 2. The molecule has 0 aromatic carbocycles. The number of aromatic amines is 1. The Labute approximate surface area is 112 Å². The second-order valence-electron chi connectivity index (χ2n) is 4.32. The summed E-state index contributed by atoms with van der Waals surface area (Å²) < 4.78 is 20.0. The smallest absolute Gasteiger partial charge is 0.330 e. The van der Waals surface area contributed by atoms with Gasteiger partial charge in [0.25, 0.3) is 5.56 Å². The molecule has 19 heavy (non-hydrogen) atoms. The van der Waals surface area contributed by atoms with Crippen molar-refractivity contribution in [2.75, 3.05) is 12.9 Å². The van der Waals surface area contributed by atoms with E-state index >= 15 is 0 Å². The third kappa shape index (κ3) is 2.90. The largest absolute Gasteiger partial charge is 0.394 e. The first kappa shape index (κ1) is 14.3. The van der Waals surface area contributed by atoms with Gasteiger partial charge in [0.1, 0.15) is 18.5 Å². The number of hydrogen-bond donors (Lipinski definition) is 2. The molecule has 1 aliphatic heterocycles. The molecule has 0 amide bonds. The fourth-order valence-corrected chi connectivity index (χ4v) is 2.54. The summed E-state index contributed by atoms with van der Waals surface area (Å²) >= 11 is 1.44. The summed E-state index contributed by atoms with van der Waals surface area (Å²) in [5.74, 6) is 0.449. The van der Waals surface area contributed by atoms with E-state index in [0.29, 0.717) is 11.3 Å². The number of rotatable bonds is 4. The molecule has 0 aliphatic carbocycles. The molecule has 0 radical (unpaired) electrons. The highest BCUT2D eigenvalue weighted by Crippen LogP contribution is 2.29. The van der Waals surface area contributed by atoms with E-state index in [1.165, 1.54) is 22.5 Å². The van der Waals surface area contributed by atoms with Gasteiger partial charge in [-0.3, -0.25) is 14.3 Å². The van der Waals surface area contributed by atoms with Crippen LogP contribution in [-0.2, 0) is 10.5 Å². The average Bonchev–Trinajstić information content (AvgIpc) is 2.74. The lowest BCUT2D eigenvalue weighted by molar-refractivity contribution is -0.0356. The molecular weight excluding hydrogens is 275 g/mol. The van der Waals surface area contributed by atoms with Crippen LogP contribution in [0.1, 0.15) is 18.2 Å². The number of halogens is 1. The number of nitrogens with one attached hydrogen (secondary N) is 1. The maximum atomic E-state index is 13.5. The molecule has 106 valence electrons. The van der Waals surface area contributed by atoms with Gasteiger partial charge in [-0.1, -0.05) is 0 Å². The number of H-pyrrole nitrogens is 1.